The molecule has 288 valence electrons. The molecule has 49 heavy (non-hydrogen) atoms. The molecule has 0 aliphatic heterocycles. The van der Waals surface area contributed by atoms with Gasteiger partial charge in [-0.2, -0.15) is 0 Å². The van der Waals surface area contributed by atoms with Gasteiger partial charge in [0, 0.05) is 12.8 Å². The Bertz CT molecular complexity index is 807. The standard InChI is InChI=1S/C40H76N2O7/c1-3-5-7-9-11-12-13-14-15-16-17-18-19-20-22-28-32-39(46)49-35(29-25-21-10-8-6-4-2)30-26-23-24-27-31-37(44)41-33-38(45)42-36(34-43)40(47)48/h35-36,43H,3-34H2,1-2H3,(H,41,44)(H,42,45)(H,47,48). The third kappa shape index (κ3) is 32.8. The Labute approximate surface area is 299 Å². The maximum absolute atomic E-state index is 12.7. The Hall–Kier alpha value is -2.16. The van der Waals surface area contributed by atoms with Gasteiger partial charge in [0.05, 0.1) is 13.2 Å². The second-order valence-electron chi connectivity index (χ2n) is 14.1. The number of amides is 2. The molecule has 0 aliphatic rings. The summed E-state index contributed by atoms with van der Waals surface area (Å²) in [6.45, 7) is 3.45. The van der Waals surface area contributed by atoms with Gasteiger partial charge in [0.1, 0.15) is 12.1 Å². The molecule has 0 heterocycles. The van der Waals surface area contributed by atoms with E-state index in [0.29, 0.717) is 12.8 Å². The number of aliphatic hydroxyl groups is 1. The summed E-state index contributed by atoms with van der Waals surface area (Å²) in [7, 11) is 0. The first-order valence-electron chi connectivity index (χ1n) is 20.4. The molecule has 0 fully saturated rings. The van der Waals surface area contributed by atoms with E-state index in [1.807, 2.05) is 0 Å². The van der Waals surface area contributed by atoms with Crippen LogP contribution >= 0.6 is 0 Å². The lowest BCUT2D eigenvalue weighted by Crippen LogP contribution is -2.47. The highest BCUT2D eigenvalue weighted by Gasteiger charge is 2.19. The van der Waals surface area contributed by atoms with Crippen molar-refractivity contribution in [1.82, 2.24) is 10.6 Å². The normalized spacial score (nSPS) is 12.4. The van der Waals surface area contributed by atoms with E-state index >= 15 is 0 Å². The summed E-state index contributed by atoms with van der Waals surface area (Å²) in [6, 6.07) is -1.38. The van der Waals surface area contributed by atoms with Crippen molar-refractivity contribution in [3.8, 4) is 0 Å². The summed E-state index contributed by atoms with van der Waals surface area (Å²) in [4.78, 5) is 47.4. The Morgan fingerprint density at radius 3 is 1.33 bits per heavy atom. The summed E-state index contributed by atoms with van der Waals surface area (Å²) >= 11 is 0. The van der Waals surface area contributed by atoms with E-state index in [2.05, 4.69) is 24.5 Å². The first kappa shape index (κ1) is 46.8. The second-order valence-corrected chi connectivity index (χ2v) is 14.1. The minimum atomic E-state index is -1.38. The molecule has 2 amide bonds. The average Bonchev–Trinajstić information content (AvgIpc) is 3.08. The van der Waals surface area contributed by atoms with Crippen molar-refractivity contribution in [3.05, 3.63) is 0 Å². The van der Waals surface area contributed by atoms with Gasteiger partial charge >= 0.3 is 11.9 Å². The molecule has 0 aromatic heterocycles. The summed E-state index contributed by atoms with van der Waals surface area (Å²) in [6.07, 6.45) is 34.3. The molecule has 9 heteroatoms. The van der Waals surface area contributed by atoms with Gasteiger partial charge in [0.15, 0.2) is 0 Å². The summed E-state index contributed by atoms with van der Waals surface area (Å²) in [5.41, 5.74) is 0. The minimum absolute atomic E-state index is 0.0323. The Kier molecular flexibility index (Phi) is 34.1. The zero-order valence-corrected chi connectivity index (χ0v) is 31.7. The molecule has 2 unspecified atom stereocenters. The van der Waals surface area contributed by atoms with E-state index in [0.717, 1.165) is 51.4 Å². The number of rotatable bonds is 37. The topological polar surface area (TPSA) is 142 Å². The van der Waals surface area contributed by atoms with E-state index in [9.17, 15) is 19.2 Å². The van der Waals surface area contributed by atoms with Crippen molar-refractivity contribution < 1.29 is 34.1 Å². The molecule has 0 rings (SSSR count). The number of hydrogen-bond donors (Lipinski definition) is 4. The minimum Gasteiger partial charge on any atom is -0.480 e. The fourth-order valence-corrected chi connectivity index (χ4v) is 6.19. The zero-order chi connectivity index (χ0) is 36.2. The van der Waals surface area contributed by atoms with Crippen molar-refractivity contribution in [2.24, 2.45) is 0 Å². The van der Waals surface area contributed by atoms with Crippen molar-refractivity contribution in [3.63, 3.8) is 0 Å². The number of carbonyl (C=O) groups is 4. The van der Waals surface area contributed by atoms with Crippen LogP contribution in [0.1, 0.15) is 206 Å². The third-order valence-electron chi connectivity index (χ3n) is 9.35. The van der Waals surface area contributed by atoms with Gasteiger partial charge in [-0.1, -0.05) is 155 Å². The molecule has 2 atom stereocenters. The summed E-state index contributed by atoms with van der Waals surface area (Å²) < 4.78 is 5.96. The lowest BCUT2D eigenvalue weighted by Gasteiger charge is -2.18. The molecule has 0 radical (unpaired) electrons. The lowest BCUT2D eigenvalue weighted by atomic mass is 10.0. The predicted octanol–water partition coefficient (Wildman–Crippen LogP) is 9.32. The molecule has 0 saturated carbocycles. The molecule has 0 bridgehead atoms. The van der Waals surface area contributed by atoms with Crippen LogP contribution in [-0.2, 0) is 23.9 Å². The molecule has 0 aromatic carbocycles. The van der Waals surface area contributed by atoms with Crippen molar-refractivity contribution >= 4 is 23.8 Å². The number of aliphatic carboxylic acids is 1. The van der Waals surface area contributed by atoms with Crippen LogP contribution in [0.15, 0.2) is 0 Å². The van der Waals surface area contributed by atoms with Crippen LogP contribution < -0.4 is 10.6 Å². The van der Waals surface area contributed by atoms with Crippen LogP contribution in [0.2, 0.25) is 0 Å². The molecular weight excluding hydrogens is 620 g/mol. The monoisotopic (exact) mass is 697 g/mol. The molecule has 0 aliphatic carbocycles. The van der Waals surface area contributed by atoms with Gasteiger partial charge in [0.2, 0.25) is 11.8 Å². The predicted molar refractivity (Wildman–Crippen MR) is 199 cm³/mol. The van der Waals surface area contributed by atoms with Crippen molar-refractivity contribution in [2.75, 3.05) is 13.2 Å². The van der Waals surface area contributed by atoms with Crippen LogP contribution in [0.3, 0.4) is 0 Å². The Balaban J connectivity index is 4.08. The fourth-order valence-electron chi connectivity index (χ4n) is 6.19. The molecule has 9 nitrogen and oxygen atoms in total. The average molecular weight is 697 g/mol. The van der Waals surface area contributed by atoms with Gasteiger partial charge in [-0.25, -0.2) is 4.79 Å². The van der Waals surface area contributed by atoms with Crippen LogP contribution in [0, 0.1) is 0 Å². The highest BCUT2D eigenvalue weighted by Crippen LogP contribution is 2.19. The van der Waals surface area contributed by atoms with E-state index in [4.69, 9.17) is 14.9 Å². The number of carboxylic acid groups (broad SMARTS) is 1. The van der Waals surface area contributed by atoms with Gasteiger partial charge in [-0.3, -0.25) is 14.4 Å². The van der Waals surface area contributed by atoms with Gasteiger partial charge in [-0.15, -0.1) is 0 Å². The lowest BCUT2D eigenvalue weighted by molar-refractivity contribution is -0.150. The van der Waals surface area contributed by atoms with Crippen LogP contribution in [-0.4, -0.2) is 59.3 Å². The van der Waals surface area contributed by atoms with Gasteiger partial charge in [0.25, 0.3) is 0 Å². The number of carbonyl (C=O) groups excluding carboxylic acids is 3. The first-order chi connectivity index (χ1) is 23.8. The zero-order valence-electron chi connectivity index (χ0n) is 31.7. The van der Waals surface area contributed by atoms with Crippen LogP contribution in [0.4, 0.5) is 0 Å². The maximum atomic E-state index is 12.7. The number of nitrogens with one attached hydrogen (secondary N) is 2. The van der Waals surface area contributed by atoms with Crippen molar-refractivity contribution in [2.45, 2.75) is 219 Å². The van der Waals surface area contributed by atoms with Gasteiger partial charge < -0.3 is 25.6 Å². The number of esters is 1. The van der Waals surface area contributed by atoms with Crippen LogP contribution in [0.25, 0.3) is 0 Å². The highest BCUT2D eigenvalue weighted by molar-refractivity contribution is 5.87. The SMILES string of the molecule is CCCCCCCCCCCCCCCCCCC(=O)OC(CCCCCCCC)CCCCCCC(=O)NCC(=O)NC(CO)C(=O)O. The van der Waals surface area contributed by atoms with E-state index in [-0.39, 0.29) is 30.9 Å². The third-order valence-corrected chi connectivity index (χ3v) is 9.35. The molecule has 0 aromatic rings. The quantitative estimate of drug-likeness (QED) is 0.0375. The molecule has 0 spiro atoms. The maximum Gasteiger partial charge on any atom is 0.328 e. The summed E-state index contributed by atoms with van der Waals surface area (Å²) in [5.74, 6) is -2.32. The largest absolute Gasteiger partial charge is 0.480 e. The number of unbranched alkanes of at least 4 members (excludes halogenated alkanes) is 23. The second kappa shape index (κ2) is 35.7. The molecule has 4 N–H and O–H groups in total. The Morgan fingerprint density at radius 1 is 0.531 bits per heavy atom. The fraction of sp³-hybridized carbons (Fsp3) is 0.900. The first-order valence-corrected chi connectivity index (χ1v) is 20.4. The molecule has 0 saturated heterocycles. The van der Waals surface area contributed by atoms with Crippen molar-refractivity contribution in [1.29, 1.82) is 0 Å². The van der Waals surface area contributed by atoms with E-state index < -0.39 is 24.5 Å². The number of aliphatic hydroxyl groups excluding tert-OH is 1. The Morgan fingerprint density at radius 2 is 0.918 bits per heavy atom. The molecular formula is C40H76N2O7. The number of carboxylic acids is 1. The summed E-state index contributed by atoms with van der Waals surface area (Å²) in [5, 5.41) is 22.5. The highest BCUT2D eigenvalue weighted by atomic mass is 16.5. The number of hydrogen-bond acceptors (Lipinski definition) is 6. The van der Waals surface area contributed by atoms with Gasteiger partial charge in [-0.05, 0) is 38.5 Å². The number of ether oxygens (including phenoxy) is 1. The van der Waals surface area contributed by atoms with E-state index in [1.165, 1.54) is 122 Å². The van der Waals surface area contributed by atoms with Crippen LogP contribution in [0.5, 0.6) is 0 Å². The van der Waals surface area contributed by atoms with E-state index in [1.54, 1.807) is 0 Å². The smallest absolute Gasteiger partial charge is 0.328 e.